The van der Waals surface area contributed by atoms with Crippen molar-refractivity contribution in [3.8, 4) is 16.9 Å². The summed E-state index contributed by atoms with van der Waals surface area (Å²) in [7, 11) is 0. The Balaban J connectivity index is 1.74. The number of carbonyl (C=O) groups excluding carboxylic acids is 1. The molecule has 0 fully saturated rings. The van der Waals surface area contributed by atoms with E-state index in [0.29, 0.717) is 34.6 Å². The van der Waals surface area contributed by atoms with Gasteiger partial charge in [-0.15, -0.1) is 0 Å². The molecule has 4 N–H and O–H groups in total. The highest BCUT2D eigenvalue weighted by atomic mass is 32.2. The van der Waals surface area contributed by atoms with Gasteiger partial charge in [-0.25, -0.2) is 9.37 Å². The van der Waals surface area contributed by atoms with Crippen molar-refractivity contribution in [1.29, 1.82) is 0 Å². The number of halogens is 1. The Kier molecular flexibility index (Phi) is 5.60. The number of ether oxygens (including phenoxy) is 1. The van der Waals surface area contributed by atoms with Crippen molar-refractivity contribution in [2.24, 2.45) is 5.73 Å². The van der Waals surface area contributed by atoms with Gasteiger partial charge in [-0.1, -0.05) is 6.07 Å². The molecule has 2 heterocycles. The van der Waals surface area contributed by atoms with Crippen LogP contribution in [0.15, 0.2) is 71.9 Å². The molecule has 0 spiro atoms. The van der Waals surface area contributed by atoms with Crippen molar-refractivity contribution < 1.29 is 23.5 Å². The zero-order chi connectivity index (χ0) is 21.1. The Morgan fingerprint density at radius 3 is 2.80 bits per heavy atom. The van der Waals surface area contributed by atoms with Crippen LogP contribution >= 0.6 is 12.0 Å². The van der Waals surface area contributed by atoms with E-state index in [9.17, 15) is 9.18 Å². The minimum atomic E-state index is -0.578. The number of benzene rings is 2. The molecule has 0 aliphatic rings. The highest BCUT2D eigenvalue weighted by molar-refractivity contribution is 7.93. The van der Waals surface area contributed by atoms with Crippen LogP contribution in [-0.4, -0.2) is 15.4 Å². The Hall–Kier alpha value is -3.49. The van der Waals surface area contributed by atoms with Crippen molar-refractivity contribution in [2.45, 2.75) is 11.5 Å². The standard InChI is InChI=1S/C22H16FN3O3S/c23-17-9-13(5-6-21(17)30-28)14-10-18-15(3-1-7-25-18)20(11-14)29-12-19-16(22(24)27)4-2-8-26-19/h1-11,28H,12H2,(H2,24,27)/p+1. The van der Waals surface area contributed by atoms with Gasteiger partial charge < -0.3 is 15.0 Å². The van der Waals surface area contributed by atoms with Crippen molar-refractivity contribution in [3.05, 3.63) is 84.1 Å². The second-order valence-electron chi connectivity index (χ2n) is 6.49. The number of aromatic nitrogens is 2. The number of nitrogens with one attached hydrogen (secondary N) is 1. The molecule has 30 heavy (non-hydrogen) atoms. The summed E-state index contributed by atoms with van der Waals surface area (Å²) in [6, 6.07) is 15.2. The maximum Gasteiger partial charge on any atom is 0.250 e. The van der Waals surface area contributed by atoms with Crippen LogP contribution in [0.1, 0.15) is 16.1 Å². The van der Waals surface area contributed by atoms with E-state index in [1.54, 1.807) is 36.7 Å². The maximum absolute atomic E-state index is 14.2. The van der Waals surface area contributed by atoms with Crippen LogP contribution in [0.3, 0.4) is 0 Å². The lowest BCUT2D eigenvalue weighted by atomic mass is 10.0. The number of amides is 1. The lowest BCUT2D eigenvalue weighted by molar-refractivity contribution is -0.344. The van der Waals surface area contributed by atoms with Gasteiger partial charge >= 0.3 is 0 Å². The van der Waals surface area contributed by atoms with Gasteiger partial charge in [0.1, 0.15) is 18.2 Å². The van der Waals surface area contributed by atoms with Crippen molar-refractivity contribution in [1.82, 2.24) is 4.98 Å². The van der Waals surface area contributed by atoms with E-state index in [4.69, 9.17) is 15.0 Å². The zero-order valence-corrected chi connectivity index (χ0v) is 16.4. The Morgan fingerprint density at radius 2 is 2.03 bits per heavy atom. The first kappa shape index (κ1) is 19.8. The summed E-state index contributed by atoms with van der Waals surface area (Å²) in [6.45, 7) is 0.0427. The van der Waals surface area contributed by atoms with Gasteiger partial charge in [0.15, 0.2) is 6.20 Å². The molecule has 0 aliphatic carbocycles. The summed E-state index contributed by atoms with van der Waals surface area (Å²) in [6.07, 6.45) is 3.35. The molecule has 2 aromatic heterocycles. The average molecular weight is 422 g/mol. The molecule has 0 unspecified atom stereocenters. The maximum atomic E-state index is 14.2. The van der Waals surface area contributed by atoms with Gasteiger partial charge in [-0.05, 0) is 47.5 Å². The number of primary amides is 1. The predicted molar refractivity (Wildman–Crippen MR) is 111 cm³/mol. The SMILES string of the molecule is NC(=O)c1cccnc1COc1cc(-c2ccc(SO)c(F)c2)cc2[nH+]cccc12. The lowest BCUT2D eigenvalue weighted by Gasteiger charge is -2.12. The van der Waals surface area contributed by atoms with Gasteiger partial charge in [-0.3, -0.25) is 9.78 Å². The Bertz CT molecular complexity index is 1250. The van der Waals surface area contributed by atoms with E-state index >= 15 is 0 Å². The first-order valence-corrected chi connectivity index (χ1v) is 9.76. The molecule has 150 valence electrons. The van der Waals surface area contributed by atoms with Crippen molar-refractivity contribution >= 4 is 28.9 Å². The second kappa shape index (κ2) is 8.48. The van der Waals surface area contributed by atoms with E-state index < -0.39 is 11.7 Å². The topological polar surface area (TPSA) is 99.6 Å². The highest BCUT2D eigenvalue weighted by Crippen LogP contribution is 2.33. The molecule has 0 radical (unpaired) electrons. The molecule has 6 nitrogen and oxygen atoms in total. The van der Waals surface area contributed by atoms with Gasteiger partial charge in [-0.2, -0.15) is 0 Å². The molecule has 0 saturated carbocycles. The summed E-state index contributed by atoms with van der Waals surface area (Å²) in [5.41, 5.74) is 8.29. The van der Waals surface area contributed by atoms with Crippen molar-refractivity contribution in [3.63, 3.8) is 0 Å². The van der Waals surface area contributed by atoms with E-state index in [1.165, 1.54) is 12.1 Å². The predicted octanol–water partition coefficient (Wildman–Crippen LogP) is 4.10. The molecule has 0 aliphatic heterocycles. The molecule has 2 aromatic carbocycles. The van der Waals surface area contributed by atoms with E-state index in [-0.39, 0.29) is 11.5 Å². The largest absolute Gasteiger partial charge is 0.486 e. The number of aromatic amines is 1. The van der Waals surface area contributed by atoms with Gasteiger partial charge in [0.25, 0.3) is 5.91 Å². The molecular formula is C22H17FN3O3S+. The van der Waals surface area contributed by atoms with E-state index in [0.717, 1.165) is 16.5 Å². The number of carbonyl (C=O) groups is 1. The first-order chi connectivity index (χ1) is 14.6. The number of nitrogens with zero attached hydrogens (tertiary/aromatic N) is 1. The molecule has 8 heteroatoms. The molecule has 4 rings (SSSR count). The molecular weight excluding hydrogens is 405 g/mol. The number of pyridine rings is 2. The summed E-state index contributed by atoms with van der Waals surface area (Å²) < 4.78 is 29.3. The smallest absolute Gasteiger partial charge is 0.250 e. The number of rotatable bonds is 6. The van der Waals surface area contributed by atoms with Crippen LogP contribution in [0.4, 0.5) is 4.39 Å². The highest BCUT2D eigenvalue weighted by Gasteiger charge is 2.15. The molecule has 4 aromatic rings. The third-order valence-electron chi connectivity index (χ3n) is 4.62. The normalized spacial score (nSPS) is 10.9. The monoisotopic (exact) mass is 422 g/mol. The van der Waals surface area contributed by atoms with Gasteiger partial charge in [0.05, 0.1) is 21.5 Å². The van der Waals surface area contributed by atoms with Crippen LogP contribution in [0.25, 0.3) is 22.0 Å². The van der Waals surface area contributed by atoms with Gasteiger partial charge in [0, 0.05) is 30.4 Å². The molecule has 0 atom stereocenters. The van der Waals surface area contributed by atoms with Crippen LogP contribution in [-0.2, 0) is 6.61 Å². The van der Waals surface area contributed by atoms with Crippen molar-refractivity contribution in [2.75, 3.05) is 0 Å². The lowest BCUT2D eigenvalue weighted by Crippen LogP contribution is -2.16. The van der Waals surface area contributed by atoms with Gasteiger partial charge in [0.2, 0.25) is 5.52 Å². The van der Waals surface area contributed by atoms with Crippen LogP contribution in [0.5, 0.6) is 5.75 Å². The number of H-pyrrole nitrogens is 1. The summed E-state index contributed by atoms with van der Waals surface area (Å²) >= 11 is 0.364. The van der Waals surface area contributed by atoms with Crippen LogP contribution in [0.2, 0.25) is 0 Å². The third kappa shape index (κ3) is 3.96. The Morgan fingerprint density at radius 1 is 1.17 bits per heavy atom. The summed E-state index contributed by atoms with van der Waals surface area (Å²) in [5.74, 6) is -0.549. The fourth-order valence-corrected chi connectivity index (χ4v) is 3.44. The average Bonchev–Trinajstić information content (AvgIpc) is 2.77. The third-order valence-corrected chi connectivity index (χ3v) is 5.15. The molecule has 0 bridgehead atoms. The van der Waals surface area contributed by atoms with Crippen LogP contribution < -0.4 is 15.5 Å². The molecule has 1 amide bonds. The quantitative estimate of drug-likeness (QED) is 0.456. The fourth-order valence-electron chi connectivity index (χ4n) is 3.16. The second-order valence-corrected chi connectivity index (χ2v) is 7.12. The number of hydrogen-bond donors (Lipinski definition) is 2. The number of fused-ring (bicyclic) bond motifs is 1. The minimum absolute atomic E-state index is 0.0427. The fraction of sp³-hybridized carbons (Fsp3) is 0.0455. The zero-order valence-electron chi connectivity index (χ0n) is 15.6. The van der Waals surface area contributed by atoms with E-state index in [1.807, 2.05) is 18.2 Å². The Labute approximate surface area is 175 Å². The first-order valence-electron chi connectivity index (χ1n) is 8.99. The summed E-state index contributed by atoms with van der Waals surface area (Å²) in [4.78, 5) is 19.1. The van der Waals surface area contributed by atoms with Crippen LogP contribution in [0, 0.1) is 5.82 Å². The molecule has 0 saturated heterocycles. The minimum Gasteiger partial charge on any atom is -0.486 e. The number of hydrogen-bond acceptors (Lipinski definition) is 5. The number of nitrogens with two attached hydrogens (primary N) is 1. The van der Waals surface area contributed by atoms with E-state index in [2.05, 4.69) is 9.97 Å². The summed E-state index contributed by atoms with van der Waals surface area (Å²) in [5, 5.41) is 0.820.